The van der Waals surface area contributed by atoms with Crippen LogP contribution in [0.25, 0.3) is 11.3 Å². The fourth-order valence-corrected chi connectivity index (χ4v) is 1.61. The van der Waals surface area contributed by atoms with Gasteiger partial charge >= 0.3 is 0 Å². The van der Waals surface area contributed by atoms with Gasteiger partial charge in [0.25, 0.3) is 0 Å². The molecular formula is C10H9ClN4S. The van der Waals surface area contributed by atoms with E-state index in [4.69, 9.17) is 29.6 Å². The Kier molecular flexibility index (Phi) is 3.17. The Hall–Kier alpha value is -1.46. The molecule has 2 N–H and O–H groups in total. The van der Waals surface area contributed by atoms with E-state index in [1.165, 1.54) is 0 Å². The number of thiocarbonyl (C=S) groups is 1. The number of halogens is 1. The molecule has 6 heteroatoms. The molecule has 0 radical (unpaired) electrons. The van der Waals surface area contributed by atoms with E-state index in [0.29, 0.717) is 16.6 Å². The number of hydrogen-bond donors (Lipinski definition) is 1. The van der Waals surface area contributed by atoms with E-state index < -0.39 is 0 Å². The minimum atomic E-state index is 0.376. The molecule has 2 rings (SSSR count). The van der Waals surface area contributed by atoms with Crippen LogP contribution in [-0.4, -0.2) is 20.0 Å². The molecule has 1 aromatic carbocycles. The second kappa shape index (κ2) is 4.59. The molecule has 0 saturated heterocycles. The van der Waals surface area contributed by atoms with Crippen molar-refractivity contribution in [2.24, 2.45) is 5.73 Å². The van der Waals surface area contributed by atoms with E-state index in [1.807, 2.05) is 24.3 Å². The second-order valence-electron chi connectivity index (χ2n) is 3.25. The van der Waals surface area contributed by atoms with Gasteiger partial charge < -0.3 is 5.73 Å². The molecule has 0 fully saturated rings. The fourth-order valence-electron chi connectivity index (χ4n) is 1.37. The summed E-state index contributed by atoms with van der Waals surface area (Å²) in [5, 5.41) is 8.45. The van der Waals surface area contributed by atoms with E-state index in [9.17, 15) is 0 Å². The minimum Gasteiger partial charge on any atom is -0.392 e. The lowest BCUT2D eigenvalue weighted by Crippen LogP contribution is -2.18. The summed E-state index contributed by atoms with van der Waals surface area (Å²) in [6.07, 6.45) is 1.67. The van der Waals surface area contributed by atoms with Crippen LogP contribution >= 0.6 is 23.8 Å². The highest BCUT2D eigenvalue weighted by Crippen LogP contribution is 2.20. The van der Waals surface area contributed by atoms with Crippen LogP contribution in [0.3, 0.4) is 0 Å². The van der Waals surface area contributed by atoms with Gasteiger partial charge in [-0.15, -0.1) is 5.10 Å². The average Bonchev–Trinajstić information content (AvgIpc) is 2.66. The van der Waals surface area contributed by atoms with Crippen LogP contribution in [0.15, 0.2) is 30.5 Å². The first-order valence-corrected chi connectivity index (χ1v) is 5.38. The van der Waals surface area contributed by atoms with Gasteiger partial charge in [-0.1, -0.05) is 41.2 Å². The summed E-state index contributed by atoms with van der Waals surface area (Å²) < 4.78 is 1.66. The summed E-state index contributed by atoms with van der Waals surface area (Å²) in [6.45, 7) is 0.382. The molecule has 0 aliphatic rings. The predicted molar refractivity (Wildman–Crippen MR) is 67.3 cm³/mol. The maximum atomic E-state index is 5.82. The standard InChI is InChI=1S/C10H9ClN4S/c11-8-3-1-7(2-4-8)9-5-13-14-15(9)6-10(12)16/h1-5H,6H2,(H2,12,16). The minimum absolute atomic E-state index is 0.376. The van der Waals surface area contributed by atoms with Crippen molar-refractivity contribution in [3.8, 4) is 11.3 Å². The molecule has 2 aromatic rings. The summed E-state index contributed by atoms with van der Waals surface area (Å²) in [5.74, 6) is 0. The van der Waals surface area contributed by atoms with Crippen LogP contribution in [0.2, 0.25) is 5.02 Å². The van der Waals surface area contributed by atoms with Crippen molar-refractivity contribution in [1.82, 2.24) is 15.0 Å². The zero-order valence-corrected chi connectivity index (χ0v) is 9.87. The third-order valence-electron chi connectivity index (χ3n) is 2.06. The smallest absolute Gasteiger partial charge is 0.0946 e. The highest BCUT2D eigenvalue weighted by Gasteiger charge is 2.06. The predicted octanol–water partition coefficient (Wildman–Crippen LogP) is 1.88. The van der Waals surface area contributed by atoms with Crippen LogP contribution in [0.5, 0.6) is 0 Å². The molecule has 1 heterocycles. The van der Waals surface area contributed by atoms with Crippen LogP contribution < -0.4 is 5.73 Å². The van der Waals surface area contributed by atoms with E-state index in [1.54, 1.807) is 10.9 Å². The first kappa shape index (κ1) is 11.0. The van der Waals surface area contributed by atoms with Gasteiger partial charge in [0.1, 0.15) is 0 Å². The Balaban J connectivity index is 2.36. The van der Waals surface area contributed by atoms with E-state index in [-0.39, 0.29) is 0 Å². The second-order valence-corrected chi connectivity index (χ2v) is 4.21. The number of aromatic nitrogens is 3. The number of hydrogen-bond acceptors (Lipinski definition) is 3. The molecule has 0 saturated carbocycles. The van der Waals surface area contributed by atoms with Crippen molar-refractivity contribution in [2.45, 2.75) is 6.54 Å². The maximum absolute atomic E-state index is 5.82. The van der Waals surface area contributed by atoms with Gasteiger partial charge in [-0.2, -0.15) is 0 Å². The van der Waals surface area contributed by atoms with Gasteiger partial charge in [0.15, 0.2) is 0 Å². The SMILES string of the molecule is NC(=S)Cn1nncc1-c1ccc(Cl)cc1. The normalized spacial score (nSPS) is 10.3. The number of rotatable bonds is 3. The summed E-state index contributed by atoms with van der Waals surface area (Å²) in [5.41, 5.74) is 7.32. The van der Waals surface area contributed by atoms with Crippen LogP contribution in [0.1, 0.15) is 0 Å². The fraction of sp³-hybridized carbons (Fsp3) is 0.100. The zero-order chi connectivity index (χ0) is 11.5. The summed E-state index contributed by atoms with van der Waals surface area (Å²) in [6, 6.07) is 7.43. The van der Waals surface area contributed by atoms with Gasteiger partial charge in [0.2, 0.25) is 0 Å². The lowest BCUT2D eigenvalue weighted by Gasteiger charge is -2.04. The molecule has 16 heavy (non-hydrogen) atoms. The molecule has 0 unspecified atom stereocenters. The third-order valence-corrected chi connectivity index (χ3v) is 2.44. The summed E-state index contributed by atoms with van der Waals surface area (Å²) >= 11 is 10.7. The quantitative estimate of drug-likeness (QED) is 0.848. The van der Waals surface area contributed by atoms with E-state index >= 15 is 0 Å². The highest BCUT2D eigenvalue weighted by molar-refractivity contribution is 7.80. The molecule has 0 aliphatic heterocycles. The van der Waals surface area contributed by atoms with Gasteiger partial charge in [0.05, 0.1) is 23.4 Å². The Bertz CT molecular complexity index is 506. The molecule has 0 spiro atoms. The Morgan fingerprint density at radius 3 is 2.69 bits per heavy atom. The van der Waals surface area contributed by atoms with Crippen LogP contribution in [0.4, 0.5) is 0 Å². The van der Waals surface area contributed by atoms with Crippen molar-refractivity contribution >= 4 is 28.8 Å². The summed E-state index contributed by atoms with van der Waals surface area (Å²) in [4.78, 5) is 0.376. The van der Waals surface area contributed by atoms with Crippen LogP contribution in [0, 0.1) is 0 Å². The van der Waals surface area contributed by atoms with Crippen molar-refractivity contribution in [1.29, 1.82) is 0 Å². The Morgan fingerprint density at radius 1 is 1.38 bits per heavy atom. The summed E-state index contributed by atoms with van der Waals surface area (Å²) in [7, 11) is 0. The van der Waals surface area contributed by atoms with Crippen molar-refractivity contribution < 1.29 is 0 Å². The molecular weight excluding hydrogens is 244 g/mol. The first-order chi connectivity index (χ1) is 7.66. The largest absolute Gasteiger partial charge is 0.392 e. The molecule has 82 valence electrons. The van der Waals surface area contributed by atoms with Crippen molar-refractivity contribution in [3.63, 3.8) is 0 Å². The van der Waals surface area contributed by atoms with Crippen molar-refractivity contribution in [2.75, 3.05) is 0 Å². The maximum Gasteiger partial charge on any atom is 0.0946 e. The Labute approximate surface area is 103 Å². The van der Waals surface area contributed by atoms with E-state index in [2.05, 4.69) is 10.3 Å². The van der Waals surface area contributed by atoms with Gasteiger partial charge in [-0.3, -0.25) is 0 Å². The number of benzene rings is 1. The molecule has 0 bridgehead atoms. The topological polar surface area (TPSA) is 56.7 Å². The lowest BCUT2D eigenvalue weighted by atomic mass is 10.2. The third kappa shape index (κ3) is 2.37. The molecule has 0 aliphatic carbocycles. The molecule has 4 nitrogen and oxygen atoms in total. The van der Waals surface area contributed by atoms with Crippen LogP contribution in [-0.2, 0) is 6.54 Å². The molecule has 0 atom stereocenters. The van der Waals surface area contributed by atoms with Crippen molar-refractivity contribution in [3.05, 3.63) is 35.5 Å². The van der Waals surface area contributed by atoms with Gasteiger partial charge in [-0.25, -0.2) is 4.68 Å². The zero-order valence-electron chi connectivity index (χ0n) is 8.30. The highest BCUT2D eigenvalue weighted by atomic mass is 35.5. The Morgan fingerprint density at radius 2 is 2.06 bits per heavy atom. The monoisotopic (exact) mass is 252 g/mol. The van der Waals surface area contributed by atoms with Gasteiger partial charge in [0, 0.05) is 10.6 Å². The molecule has 0 amide bonds. The first-order valence-electron chi connectivity index (χ1n) is 4.59. The lowest BCUT2D eigenvalue weighted by molar-refractivity contribution is 0.687. The van der Waals surface area contributed by atoms with E-state index in [0.717, 1.165) is 11.3 Å². The number of nitrogens with two attached hydrogens (primary N) is 1. The van der Waals surface area contributed by atoms with Gasteiger partial charge in [-0.05, 0) is 12.1 Å². The average molecular weight is 253 g/mol. The molecule has 1 aromatic heterocycles. The number of nitrogens with zero attached hydrogens (tertiary/aromatic N) is 3.